The van der Waals surface area contributed by atoms with Crippen LogP contribution in [0.3, 0.4) is 0 Å². The van der Waals surface area contributed by atoms with E-state index in [-0.39, 0.29) is 17.1 Å². The molecule has 0 unspecified atom stereocenters. The molecule has 2 rings (SSSR count). The lowest BCUT2D eigenvalue weighted by Gasteiger charge is -2.24. The van der Waals surface area contributed by atoms with Crippen LogP contribution in [0.2, 0.25) is 0 Å². The first kappa shape index (κ1) is 20.9. The Labute approximate surface area is 150 Å². The van der Waals surface area contributed by atoms with Gasteiger partial charge in [-0.3, -0.25) is 9.59 Å². The van der Waals surface area contributed by atoms with Crippen LogP contribution < -0.4 is 5.32 Å². The summed E-state index contributed by atoms with van der Waals surface area (Å²) in [5, 5.41) is 3.97. The summed E-state index contributed by atoms with van der Waals surface area (Å²) in [6.45, 7) is 12.2. The van der Waals surface area contributed by atoms with Crippen molar-refractivity contribution in [2.45, 2.75) is 47.0 Å². The van der Waals surface area contributed by atoms with Gasteiger partial charge in [0.15, 0.2) is 5.78 Å². The number of ketones is 1. The Kier molecular flexibility index (Phi) is 6.94. The van der Waals surface area contributed by atoms with Gasteiger partial charge in [0.1, 0.15) is 0 Å². The zero-order valence-corrected chi connectivity index (χ0v) is 16.7. The van der Waals surface area contributed by atoms with E-state index in [1.165, 1.54) is 6.92 Å². The molecule has 0 aliphatic carbocycles. The Morgan fingerprint density at radius 2 is 1.72 bits per heavy atom. The van der Waals surface area contributed by atoms with Crippen molar-refractivity contribution in [3.05, 3.63) is 29.5 Å². The molecule has 0 aliphatic heterocycles. The van der Waals surface area contributed by atoms with E-state index >= 15 is 0 Å². The molecular weight excluding hydrogens is 314 g/mol. The summed E-state index contributed by atoms with van der Waals surface area (Å²) in [7, 11) is 3.72. The van der Waals surface area contributed by atoms with Crippen molar-refractivity contribution in [3.63, 3.8) is 0 Å². The summed E-state index contributed by atoms with van der Waals surface area (Å²) in [6.07, 6.45) is 0. The smallest absolute Gasteiger partial charge is 0.238 e. The summed E-state index contributed by atoms with van der Waals surface area (Å²) in [5.74, 6) is -0.0603. The number of likely N-dealkylation sites (N-methyl/N-ethyl adjacent to an activating group) is 1. The van der Waals surface area contributed by atoms with Crippen LogP contribution in [0.15, 0.2) is 18.2 Å². The van der Waals surface area contributed by atoms with E-state index in [0.29, 0.717) is 12.2 Å². The Hall–Kier alpha value is -2.14. The number of nitrogens with one attached hydrogen (secondary N) is 2. The number of nitrogens with zero attached hydrogens (tertiary/aromatic N) is 1. The molecule has 25 heavy (non-hydrogen) atoms. The maximum absolute atomic E-state index is 12.1. The highest BCUT2D eigenvalue weighted by Gasteiger charge is 2.21. The molecule has 0 radical (unpaired) electrons. The highest BCUT2D eigenvalue weighted by molar-refractivity contribution is 6.00. The molecule has 1 amide bonds. The Morgan fingerprint density at radius 3 is 2.20 bits per heavy atom. The minimum Gasteiger partial charge on any atom is -0.352 e. The van der Waals surface area contributed by atoms with Crippen molar-refractivity contribution >= 4 is 28.3 Å². The average Bonchev–Trinajstić information content (AvgIpc) is 2.89. The first-order valence-electron chi connectivity index (χ1n) is 8.70. The molecule has 1 aromatic carbocycles. The standard InChI is InChI=1S/C18H25N3O2.C2H6/c1-11(22)14-8-12-7-13(18(2,3)4)16(9-15(12)19-14)20-17(23)10-21(5)6;1-2/h7-9,19H,10H2,1-6H3,(H,20,23);1-2H3. The third kappa shape index (κ3) is 5.43. The van der Waals surface area contributed by atoms with Crippen LogP contribution in [0.4, 0.5) is 5.69 Å². The van der Waals surface area contributed by atoms with Crippen LogP contribution in [-0.4, -0.2) is 42.2 Å². The summed E-state index contributed by atoms with van der Waals surface area (Å²) >= 11 is 0. The van der Waals surface area contributed by atoms with Gasteiger partial charge < -0.3 is 15.2 Å². The average molecular weight is 345 g/mol. The molecule has 0 bridgehead atoms. The van der Waals surface area contributed by atoms with Crippen molar-refractivity contribution in [2.24, 2.45) is 0 Å². The van der Waals surface area contributed by atoms with E-state index in [1.54, 1.807) is 0 Å². The van der Waals surface area contributed by atoms with Gasteiger partial charge in [0, 0.05) is 23.5 Å². The van der Waals surface area contributed by atoms with Crippen molar-refractivity contribution in [2.75, 3.05) is 26.0 Å². The Morgan fingerprint density at radius 1 is 1.12 bits per heavy atom. The van der Waals surface area contributed by atoms with E-state index in [9.17, 15) is 9.59 Å². The number of anilines is 1. The highest BCUT2D eigenvalue weighted by atomic mass is 16.2. The van der Waals surface area contributed by atoms with Crippen LogP contribution in [-0.2, 0) is 10.2 Å². The Bertz CT molecular complexity index is 752. The van der Waals surface area contributed by atoms with Gasteiger partial charge in [0.2, 0.25) is 5.91 Å². The number of rotatable bonds is 4. The number of aromatic amines is 1. The predicted octanol–water partition coefficient (Wildman–Crippen LogP) is 4.19. The second-order valence-electron chi connectivity index (χ2n) is 7.26. The minimum atomic E-state index is -0.122. The zero-order chi connectivity index (χ0) is 19.4. The van der Waals surface area contributed by atoms with Crippen LogP contribution in [0.25, 0.3) is 10.9 Å². The molecule has 0 fully saturated rings. The van der Waals surface area contributed by atoms with Gasteiger partial charge in [-0.05, 0) is 43.3 Å². The lowest BCUT2D eigenvalue weighted by molar-refractivity contribution is -0.116. The number of carbonyl (C=O) groups is 2. The Balaban J connectivity index is 0.00000151. The number of hydrogen-bond donors (Lipinski definition) is 2. The number of fused-ring (bicyclic) bond motifs is 1. The molecule has 0 saturated carbocycles. The molecule has 0 saturated heterocycles. The number of amides is 1. The van der Waals surface area contributed by atoms with Gasteiger partial charge in [-0.2, -0.15) is 0 Å². The van der Waals surface area contributed by atoms with E-state index in [2.05, 4.69) is 31.1 Å². The normalized spacial score (nSPS) is 11.2. The first-order valence-corrected chi connectivity index (χ1v) is 8.70. The minimum absolute atomic E-state index is 0.00305. The molecular formula is C20H31N3O2. The molecule has 1 heterocycles. The van der Waals surface area contributed by atoms with Crippen molar-refractivity contribution < 1.29 is 9.59 Å². The van der Waals surface area contributed by atoms with Crippen LogP contribution in [0.5, 0.6) is 0 Å². The topological polar surface area (TPSA) is 65.2 Å². The zero-order valence-electron chi connectivity index (χ0n) is 16.7. The van der Waals surface area contributed by atoms with Gasteiger partial charge in [0.05, 0.1) is 12.2 Å². The van der Waals surface area contributed by atoms with Crippen LogP contribution >= 0.6 is 0 Å². The maximum Gasteiger partial charge on any atom is 0.238 e. The predicted molar refractivity (Wildman–Crippen MR) is 106 cm³/mol. The van der Waals surface area contributed by atoms with Gasteiger partial charge in [0.25, 0.3) is 0 Å². The lowest BCUT2D eigenvalue weighted by atomic mass is 9.85. The number of Topliss-reactive ketones (excluding diaryl/α,β-unsaturated/α-hetero) is 1. The molecule has 138 valence electrons. The molecule has 5 heteroatoms. The van der Waals surface area contributed by atoms with E-state index in [0.717, 1.165) is 22.2 Å². The summed E-state index contributed by atoms with van der Waals surface area (Å²) in [5.41, 5.74) is 3.14. The number of aromatic nitrogens is 1. The van der Waals surface area contributed by atoms with E-state index < -0.39 is 0 Å². The summed E-state index contributed by atoms with van der Waals surface area (Å²) < 4.78 is 0. The molecule has 2 N–H and O–H groups in total. The number of H-pyrrole nitrogens is 1. The SMILES string of the molecule is CC.CC(=O)c1cc2cc(C(C)(C)C)c(NC(=O)CN(C)C)cc2[nH]1. The number of benzene rings is 1. The first-order chi connectivity index (χ1) is 11.6. The fourth-order valence-electron chi connectivity index (χ4n) is 2.57. The fourth-order valence-corrected chi connectivity index (χ4v) is 2.57. The van der Waals surface area contributed by atoms with Crippen LogP contribution in [0, 0.1) is 0 Å². The third-order valence-corrected chi connectivity index (χ3v) is 3.68. The quantitative estimate of drug-likeness (QED) is 0.817. The van der Waals surface area contributed by atoms with Gasteiger partial charge in [-0.25, -0.2) is 0 Å². The number of hydrogen-bond acceptors (Lipinski definition) is 3. The fraction of sp³-hybridized carbons (Fsp3) is 0.500. The maximum atomic E-state index is 12.1. The number of carbonyl (C=O) groups excluding carboxylic acids is 2. The van der Waals surface area contributed by atoms with Gasteiger partial charge >= 0.3 is 0 Å². The summed E-state index contributed by atoms with van der Waals surface area (Å²) in [6, 6.07) is 5.82. The van der Waals surface area contributed by atoms with E-state index in [1.807, 2.05) is 51.0 Å². The van der Waals surface area contributed by atoms with Crippen molar-refractivity contribution in [1.82, 2.24) is 9.88 Å². The third-order valence-electron chi connectivity index (χ3n) is 3.68. The molecule has 0 aliphatic rings. The highest BCUT2D eigenvalue weighted by Crippen LogP contribution is 2.33. The molecule has 1 aromatic heterocycles. The molecule has 0 spiro atoms. The van der Waals surface area contributed by atoms with Gasteiger partial charge in [-0.1, -0.05) is 34.6 Å². The van der Waals surface area contributed by atoms with Gasteiger partial charge in [-0.15, -0.1) is 0 Å². The van der Waals surface area contributed by atoms with Crippen molar-refractivity contribution in [1.29, 1.82) is 0 Å². The monoisotopic (exact) mass is 345 g/mol. The van der Waals surface area contributed by atoms with E-state index in [4.69, 9.17) is 0 Å². The molecule has 5 nitrogen and oxygen atoms in total. The molecule has 0 atom stereocenters. The summed E-state index contributed by atoms with van der Waals surface area (Å²) in [4.78, 5) is 28.7. The lowest BCUT2D eigenvalue weighted by Crippen LogP contribution is -2.28. The second kappa shape index (κ2) is 8.30. The second-order valence-corrected chi connectivity index (χ2v) is 7.26. The largest absolute Gasteiger partial charge is 0.352 e. The molecule has 2 aromatic rings. The van der Waals surface area contributed by atoms with Crippen LogP contribution in [0.1, 0.15) is 57.6 Å². The van der Waals surface area contributed by atoms with Crippen molar-refractivity contribution in [3.8, 4) is 0 Å².